The lowest BCUT2D eigenvalue weighted by Crippen LogP contribution is -2.50. The molecule has 1 atom stereocenters. The van der Waals surface area contributed by atoms with E-state index in [1.807, 2.05) is 11.0 Å². The van der Waals surface area contributed by atoms with Gasteiger partial charge >= 0.3 is 5.97 Å². The summed E-state index contributed by atoms with van der Waals surface area (Å²) in [5.41, 5.74) is 1.18. The van der Waals surface area contributed by atoms with Crippen LogP contribution in [0.4, 0.5) is 0 Å². The molecule has 1 aliphatic heterocycles. The maximum atomic E-state index is 13.6. The Balaban J connectivity index is 1.74. The van der Waals surface area contributed by atoms with E-state index in [0.29, 0.717) is 33.4 Å². The Bertz CT molecular complexity index is 1340. The number of nitrogens with zero attached hydrogens (tertiary/aromatic N) is 2. The molecule has 3 aromatic carbocycles. The average molecular weight is 482 g/mol. The number of carbonyl (C=O) groups excluding carboxylic acids is 3. The highest BCUT2D eigenvalue weighted by molar-refractivity contribution is 5.99. The molecule has 0 saturated carbocycles. The van der Waals surface area contributed by atoms with Crippen LogP contribution < -0.4 is 5.32 Å². The summed E-state index contributed by atoms with van der Waals surface area (Å²) in [4.78, 5) is 40.6. The van der Waals surface area contributed by atoms with Gasteiger partial charge in [-0.25, -0.2) is 0 Å². The second kappa shape index (κ2) is 10.4. The zero-order valence-electron chi connectivity index (χ0n) is 20.3. The minimum atomic E-state index is -1.67. The first kappa shape index (κ1) is 24.7. The zero-order valence-corrected chi connectivity index (χ0v) is 20.3. The van der Waals surface area contributed by atoms with Gasteiger partial charge in [0.15, 0.2) is 0 Å². The monoisotopic (exact) mass is 481 g/mol. The van der Waals surface area contributed by atoms with Gasteiger partial charge in [0.2, 0.25) is 5.72 Å². The van der Waals surface area contributed by atoms with Crippen LogP contribution in [-0.4, -0.2) is 35.8 Å². The van der Waals surface area contributed by atoms with Crippen LogP contribution in [0.1, 0.15) is 62.7 Å². The second-order valence-electron chi connectivity index (χ2n) is 8.82. The second-order valence-corrected chi connectivity index (χ2v) is 8.82. The standard InChI is InChI=1S/C29H27N3O4/c1-20-17-23(13-14-26(20)28(35)32-15-6-7-16-32)27(34)31-29(36-21(2)33,24-10-4-3-5-11-24)25-12-8-9-22(18-25)19-30/h3-5,8-14,17-18H,6-7,15-16H2,1-2H3,(H,31,34). The van der Waals surface area contributed by atoms with Crippen LogP contribution in [0.5, 0.6) is 0 Å². The van der Waals surface area contributed by atoms with Crippen molar-refractivity contribution in [3.8, 4) is 6.07 Å². The van der Waals surface area contributed by atoms with Gasteiger partial charge in [0.25, 0.3) is 11.8 Å². The summed E-state index contributed by atoms with van der Waals surface area (Å²) >= 11 is 0. The van der Waals surface area contributed by atoms with Crippen molar-refractivity contribution in [2.24, 2.45) is 0 Å². The third-order valence-corrected chi connectivity index (χ3v) is 6.28. The van der Waals surface area contributed by atoms with Crippen molar-refractivity contribution in [3.05, 3.63) is 106 Å². The Morgan fingerprint density at radius 1 is 0.944 bits per heavy atom. The lowest BCUT2D eigenvalue weighted by Gasteiger charge is -2.35. The molecule has 4 rings (SSSR count). The summed E-state index contributed by atoms with van der Waals surface area (Å²) in [5.74, 6) is -1.14. The van der Waals surface area contributed by atoms with Gasteiger partial charge in [0.1, 0.15) is 0 Å². The number of hydrogen-bond acceptors (Lipinski definition) is 5. The van der Waals surface area contributed by atoms with Crippen LogP contribution in [0.2, 0.25) is 0 Å². The molecule has 1 fully saturated rings. The number of benzene rings is 3. The van der Waals surface area contributed by atoms with E-state index in [0.717, 1.165) is 25.9 Å². The van der Waals surface area contributed by atoms with E-state index in [1.165, 1.54) is 6.92 Å². The molecule has 0 spiro atoms. The van der Waals surface area contributed by atoms with Gasteiger partial charge in [0, 0.05) is 42.3 Å². The third-order valence-electron chi connectivity index (χ3n) is 6.28. The van der Waals surface area contributed by atoms with Gasteiger partial charge in [-0.2, -0.15) is 5.26 Å². The van der Waals surface area contributed by atoms with Crippen molar-refractivity contribution in [2.45, 2.75) is 32.4 Å². The maximum Gasteiger partial charge on any atom is 0.305 e. The smallest absolute Gasteiger partial charge is 0.305 e. The Kier molecular flexibility index (Phi) is 7.16. The van der Waals surface area contributed by atoms with Crippen LogP contribution in [0, 0.1) is 18.3 Å². The number of hydrogen-bond donors (Lipinski definition) is 1. The molecule has 0 radical (unpaired) electrons. The van der Waals surface area contributed by atoms with E-state index in [1.54, 1.807) is 73.7 Å². The van der Waals surface area contributed by atoms with Gasteiger partial charge in [0.05, 0.1) is 11.6 Å². The van der Waals surface area contributed by atoms with Crippen LogP contribution in [0.15, 0.2) is 72.8 Å². The molecule has 1 saturated heterocycles. The predicted octanol–water partition coefficient (Wildman–Crippen LogP) is 4.30. The molecular weight excluding hydrogens is 454 g/mol. The molecule has 1 heterocycles. The molecule has 1 N–H and O–H groups in total. The van der Waals surface area contributed by atoms with Crippen LogP contribution >= 0.6 is 0 Å². The summed E-state index contributed by atoms with van der Waals surface area (Å²) in [5, 5.41) is 12.4. The highest BCUT2D eigenvalue weighted by atomic mass is 16.6. The Morgan fingerprint density at radius 3 is 2.28 bits per heavy atom. The SMILES string of the molecule is CC(=O)OC(NC(=O)c1ccc(C(=O)N2CCCC2)c(C)c1)(c1ccccc1)c1cccc(C#N)c1. The molecule has 1 aliphatic rings. The Morgan fingerprint density at radius 2 is 1.64 bits per heavy atom. The maximum absolute atomic E-state index is 13.6. The summed E-state index contributed by atoms with van der Waals surface area (Å²) < 4.78 is 5.82. The van der Waals surface area contributed by atoms with Crippen molar-refractivity contribution >= 4 is 17.8 Å². The van der Waals surface area contributed by atoms with Crippen molar-refractivity contribution in [1.29, 1.82) is 5.26 Å². The molecule has 7 nitrogen and oxygen atoms in total. The number of amides is 2. The van der Waals surface area contributed by atoms with Crippen molar-refractivity contribution in [1.82, 2.24) is 10.2 Å². The largest absolute Gasteiger partial charge is 0.430 e. The first-order valence-electron chi connectivity index (χ1n) is 11.8. The van der Waals surface area contributed by atoms with Gasteiger partial charge in [-0.15, -0.1) is 0 Å². The molecule has 7 heteroatoms. The minimum Gasteiger partial charge on any atom is -0.430 e. The molecule has 0 bridgehead atoms. The van der Waals surface area contributed by atoms with E-state index < -0.39 is 17.6 Å². The van der Waals surface area contributed by atoms with Crippen LogP contribution in [0.3, 0.4) is 0 Å². The topological polar surface area (TPSA) is 99.5 Å². The van der Waals surface area contributed by atoms with Gasteiger partial charge in [-0.3, -0.25) is 14.4 Å². The number of nitriles is 1. The summed E-state index contributed by atoms with van der Waals surface area (Å²) in [7, 11) is 0. The highest BCUT2D eigenvalue weighted by Gasteiger charge is 2.40. The number of aryl methyl sites for hydroxylation is 1. The Labute approximate surface area is 210 Å². The van der Waals surface area contributed by atoms with Crippen molar-refractivity contribution < 1.29 is 19.1 Å². The molecule has 36 heavy (non-hydrogen) atoms. The normalized spacial score (nSPS) is 14.4. The quantitative estimate of drug-likeness (QED) is 0.418. The Hall–Kier alpha value is -4.44. The molecular formula is C29H27N3O4. The predicted molar refractivity (Wildman–Crippen MR) is 134 cm³/mol. The summed E-state index contributed by atoms with van der Waals surface area (Å²) in [6, 6.07) is 22.4. The van der Waals surface area contributed by atoms with Crippen LogP contribution in [0.25, 0.3) is 0 Å². The summed E-state index contributed by atoms with van der Waals surface area (Å²) in [6.07, 6.45) is 1.99. The number of nitrogens with one attached hydrogen (secondary N) is 1. The molecule has 3 aromatic rings. The van der Waals surface area contributed by atoms with Crippen molar-refractivity contribution in [3.63, 3.8) is 0 Å². The number of ether oxygens (including phenoxy) is 1. The fourth-order valence-corrected chi connectivity index (χ4v) is 4.52. The first-order valence-corrected chi connectivity index (χ1v) is 11.8. The third kappa shape index (κ3) is 4.98. The van der Waals surface area contributed by atoms with Gasteiger partial charge in [-0.1, -0.05) is 42.5 Å². The number of esters is 1. The van der Waals surface area contributed by atoms with Crippen LogP contribution in [-0.2, 0) is 15.3 Å². The van der Waals surface area contributed by atoms with Gasteiger partial charge < -0.3 is 15.0 Å². The zero-order chi connectivity index (χ0) is 25.7. The lowest BCUT2D eigenvalue weighted by molar-refractivity contribution is -0.156. The number of rotatable bonds is 6. The van der Waals surface area contributed by atoms with E-state index in [-0.39, 0.29) is 5.91 Å². The van der Waals surface area contributed by atoms with Crippen molar-refractivity contribution in [2.75, 3.05) is 13.1 Å². The molecule has 0 aliphatic carbocycles. The average Bonchev–Trinajstić information content (AvgIpc) is 3.43. The number of likely N-dealkylation sites (tertiary alicyclic amines) is 1. The van der Waals surface area contributed by atoms with Gasteiger partial charge in [-0.05, 0) is 55.7 Å². The van der Waals surface area contributed by atoms with E-state index in [2.05, 4.69) is 11.4 Å². The minimum absolute atomic E-state index is 0.0381. The molecule has 1 unspecified atom stereocenters. The highest BCUT2D eigenvalue weighted by Crippen LogP contribution is 2.33. The fraction of sp³-hybridized carbons (Fsp3) is 0.241. The summed E-state index contributed by atoms with van der Waals surface area (Å²) in [6.45, 7) is 4.54. The van der Waals surface area contributed by atoms with E-state index in [9.17, 15) is 19.6 Å². The lowest BCUT2D eigenvalue weighted by atomic mass is 9.92. The molecule has 0 aromatic heterocycles. The van der Waals surface area contributed by atoms with E-state index >= 15 is 0 Å². The molecule has 182 valence electrons. The fourth-order valence-electron chi connectivity index (χ4n) is 4.52. The first-order chi connectivity index (χ1) is 17.3. The molecule has 2 amide bonds. The van der Waals surface area contributed by atoms with E-state index in [4.69, 9.17) is 4.74 Å². The number of carbonyl (C=O) groups is 3.